The number of amides is 6. The Bertz CT molecular complexity index is 1390. The highest BCUT2D eigenvalue weighted by molar-refractivity contribution is 5.96. The van der Waals surface area contributed by atoms with Gasteiger partial charge in [0.15, 0.2) is 0 Å². The minimum absolute atomic E-state index is 0.00279. The van der Waals surface area contributed by atoms with Crippen LogP contribution in [-0.4, -0.2) is 76.3 Å². The Hall–Kier alpha value is -5.14. The van der Waals surface area contributed by atoms with E-state index in [-0.39, 0.29) is 31.2 Å². The Morgan fingerprint density at radius 1 is 0.935 bits per heavy atom. The molecule has 0 radical (unpaired) electrons. The van der Waals surface area contributed by atoms with Crippen LogP contribution >= 0.6 is 0 Å². The topological polar surface area (TPSA) is 223 Å². The van der Waals surface area contributed by atoms with Crippen LogP contribution in [0.1, 0.15) is 50.7 Å². The summed E-state index contributed by atoms with van der Waals surface area (Å²) in [4.78, 5) is 78.5. The summed E-state index contributed by atoms with van der Waals surface area (Å²) in [5.74, 6) is -3.82. The van der Waals surface area contributed by atoms with Gasteiger partial charge in [0, 0.05) is 13.0 Å². The number of alkyl carbamates (subject to hydrolysis) is 1. The van der Waals surface area contributed by atoms with Crippen LogP contribution in [-0.2, 0) is 41.7 Å². The Balaban J connectivity index is 1.80. The molecule has 2 aromatic carbocycles. The Kier molecular flexibility index (Phi) is 12.9. The van der Waals surface area contributed by atoms with Crippen molar-refractivity contribution in [3.05, 3.63) is 65.7 Å². The first kappa shape index (κ1) is 35.3. The molecule has 5 atom stereocenters. The third kappa shape index (κ3) is 10.2. The average molecular weight is 639 g/mol. The van der Waals surface area contributed by atoms with E-state index in [1.165, 1.54) is 17.0 Å². The second kappa shape index (κ2) is 16.8. The van der Waals surface area contributed by atoms with Gasteiger partial charge in [-0.15, -0.1) is 0 Å². The first-order valence-corrected chi connectivity index (χ1v) is 15.1. The van der Waals surface area contributed by atoms with Gasteiger partial charge in [0.1, 0.15) is 36.5 Å². The first-order valence-electron chi connectivity index (χ1n) is 15.1. The molecule has 0 aromatic heterocycles. The van der Waals surface area contributed by atoms with Gasteiger partial charge in [0.05, 0.1) is 6.42 Å². The smallest absolute Gasteiger partial charge is 0.408 e. The van der Waals surface area contributed by atoms with Gasteiger partial charge in [-0.2, -0.15) is 0 Å². The van der Waals surface area contributed by atoms with Crippen molar-refractivity contribution >= 4 is 35.6 Å². The van der Waals surface area contributed by atoms with Crippen molar-refractivity contribution in [3.63, 3.8) is 0 Å². The van der Waals surface area contributed by atoms with Crippen LogP contribution < -0.4 is 27.4 Å². The average Bonchev–Trinajstić information content (AvgIpc) is 3.52. The maximum Gasteiger partial charge on any atom is 0.408 e. The molecule has 0 bridgehead atoms. The monoisotopic (exact) mass is 638 g/mol. The molecule has 1 fully saturated rings. The number of nitrogens with two attached hydrogens (primary N) is 2. The highest BCUT2D eigenvalue weighted by Gasteiger charge is 2.40. The van der Waals surface area contributed by atoms with Crippen molar-refractivity contribution in [3.8, 4) is 5.75 Å². The van der Waals surface area contributed by atoms with Crippen molar-refractivity contribution in [2.45, 2.75) is 76.7 Å². The molecule has 0 saturated carbocycles. The maximum absolute atomic E-state index is 14.0. The molecule has 0 spiro atoms. The summed E-state index contributed by atoms with van der Waals surface area (Å²) in [7, 11) is 0. The number of phenols is 1. The number of aromatic hydroxyl groups is 1. The summed E-state index contributed by atoms with van der Waals surface area (Å²) in [5.41, 5.74) is 12.2. The number of nitrogens with zero attached hydrogens (tertiary/aromatic N) is 1. The van der Waals surface area contributed by atoms with Crippen molar-refractivity contribution in [2.24, 2.45) is 17.4 Å². The SMILES string of the molecule is CCC(C)[C@H](NC(=O)[C@H]1CCCN1C(=O)[C@H](Cc1ccc(O)cc1)NC(=O)[C@H](CC(N)=O)NC(=O)OCc1ccccc1)C(N)=O. The number of likely N-dealkylation sites (tertiary alicyclic amines) is 1. The molecular weight excluding hydrogens is 596 g/mol. The zero-order valence-electron chi connectivity index (χ0n) is 25.9. The van der Waals surface area contributed by atoms with Gasteiger partial charge < -0.3 is 42.2 Å². The first-order chi connectivity index (χ1) is 21.9. The third-order valence-corrected chi connectivity index (χ3v) is 7.87. The van der Waals surface area contributed by atoms with E-state index in [2.05, 4.69) is 16.0 Å². The fourth-order valence-corrected chi connectivity index (χ4v) is 5.14. The standard InChI is InChI=1S/C32H42N6O8/c1-3-19(2)27(28(34)41)37-30(43)25-10-7-15-38(25)31(44)24(16-20-11-13-22(39)14-12-20)35-29(42)23(17-26(33)40)36-32(45)46-18-21-8-5-4-6-9-21/h4-6,8-9,11-14,19,23-25,27,39H,3,7,10,15-18H2,1-2H3,(H2,33,40)(H2,34,41)(H,35,42)(H,36,45)(H,37,43)/t19?,23-,24-,25+,27-/m0/s1. The molecule has 248 valence electrons. The largest absolute Gasteiger partial charge is 0.508 e. The number of ether oxygens (including phenoxy) is 1. The molecule has 1 heterocycles. The van der Waals surface area contributed by atoms with E-state index in [1.807, 2.05) is 6.92 Å². The quantitative estimate of drug-likeness (QED) is 0.162. The number of hydrogen-bond acceptors (Lipinski definition) is 8. The maximum atomic E-state index is 14.0. The normalized spacial score (nSPS) is 16.7. The van der Waals surface area contributed by atoms with Crippen LogP contribution in [0.2, 0.25) is 0 Å². The molecular formula is C32H42N6O8. The predicted molar refractivity (Wildman–Crippen MR) is 166 cm³/mol. The van der Waals surface area contributed by atoms with Crippen LogP contribution in [0.5, 0.6) is 5.75 Å². The number of primary amides is 2. The molecule has 8 N–H and O–H groups in total. The van der Waals surface area contributed by atoms with Gasteiger partial charge in [0.25, 0.3) is 0 Å². The zero-order valence-corrected chi connectivity index (χ0v) is 25.9. The zero-order chi connectivity index (χ0) is 33.8. The summed E-state index contributed by atoms with van der Waals surface area (Å²) in [6.07, 6.45) is -0.203. The van der Waals surface area contributed by atoms with Crippen molar-refractivity contribution in [1.82, 2.24) is 20.9 Å². The van der Waals surface area contributed by atoms with Crippen LogP contribution in [0.25, 0.3) is 0 Å². The van der Waals surface area contributed by atoms with E-state index in [9.17, 15) is 33.9 Å². The van der Waals surface area contributed by atoms with Crippen molar-refractivity contribution in [1.29, 1.82) is 0 Å². The van der Waals surface area contributed by atoms with E-state index in [1.54, 1.807) is 49.4 Å². The minimum atomic E-state index is -1.47. The Morgan fingerprint density at radius 3 is 2.22 bits per heavy atom. The number of phenolic OH excluding ortho intramolecular Hbond substituents is 1. The lowest BCUT2D eigenvalue weighted by molar-refractivity contribution is -0.142. The van der Waals surface area contributed by atoms with Gasteiger partial charge in [-0.05, 0) is 42.0 Å². The summed E-state index contributed by atoms with van der Waals surface area (Å²) in [6.45, 7) is 3.76. The summed E-state index contributed by atoms with van der Waals surface area (Å²) in [6, 6.07) is 10.2. The van der Waals surface area contributed by atoms with Crippen LogP contribution in [0.15, 0.2) is 54.6 Å². The summed E-state index contributed by atoms with van der Waals surface area (Å²) < 4.78 is 5.19. The Morgan fingerprint density at radius 2 is 1.61 bits per heavy atom. The van der Waals surface area contributed by atoms with Crippen LogP contribution in [0, 0.1) is 5.92 Å². The number of rotatable bonds is 15. The molecule has 14 nitrogen and oxygen atoms in total. The van der Waals surface area contributed by atoms with E-state index < -0.39 is 66.2 Å². The highest BCUT2D eigenvalue weighted by atomic mass is 16.5. The second-order valence-electron chi connectivity index (χ2n) is 11.3. The van der Waals surface area contributed by atoms with E-state index >= 15 is 0 Å². The van der Waals surface area contributed by atoms with E-state index in [0.29, 0.717) is 30.4 Å². The minimum Gasteiger partial charge on any atom is -0.508 e. The van der Waals surface area contributed by atoms with Crippen LogP contribution in [0.4, 0.5) is 4.79 Å². The van der Waals surface area contributed by atoms with Crippen LogP contribution in [0.3, 0.4) is 0 Å². The molecule has 1 aliphatic rings. The lowest BCUT2D eigenvalue weighted by atomic mass is 9.98. The molecule has 3 rings (SSSR count). The fourth-order valence-electron chi connectivity index (χ4n) is 5.14. The second-order valence-corrected chi connectivity index (χ2v) is 11.3. The summed E-state index contributed by atoms with van der Waals surface area (Å²) >= 11 is 0. The lowest BCUT2D eigenvalue weighted by Gasteiger charge is -2.31. The van der Waals surface area contributed by atoms with Gasteiger partial charge in [0.2, 0.25) is 29.5 Å². The number of benzene rings is 2. The van der Waals surface area contributed by atoms with Crippen molar-refractivity contribution < 1.29 is 38.6 Å². The number of carbonyl (C=O) groups is 6. The molecule has 14 heteroatoms. The lowest BCUT2D eigenvalue weighted by Crippen LogP contribution is -2.59. The fraction of sp³-hybridized carbons (Fsp3) is 0.438. The van der Waals surface area contributed by atoms with Gasteiger partial charge in [-0.25, -0.2) is 4.79 Å². The van der Waals surface area contributed by atoms with E-state index in [4.69, 9.17) is 16.2 Å². The molecule has 46 heavy (non-hydrogen) atoms. The number of hydrogen-bond donors (Lipinski definition) is 6. The number of nitrogens with one attached hydrogen (secondary N) is 3. The van der Waals surface area contributed by atoms with Gasteiger partial charge in [-0.3, -0.25) is 24.0 Å². The number of carbonyl (C=O) groups excluding carboxylic acids is 6. The summed E-state index contributed by atoms with van der Waals surface area (Å²) in [5, 5.41) is 17.3. The Labute approximate surface area is 267 Å². The molecule has 2 aromatic rings. The van der Waals surface area contributed by atoms with Gasteiger partial charge >= 0.3 is 6.09 Å². The molecule has 1 saturated heterocycles. The van der Waals surface area contributed by atoms with E-state index in [0.717, 1.165) is 0 Å². The molecule has 1 unspecified atom stereocenters. The molecule has 6 amide bonds. The van der Waals surface area contributed by atoms with Crippen molar-refractivity contribution in [2.75, 3.05) is 6.54 Å². The molecule has 0 aliphatic carbocycles. The third-order valence-electron chi connectivity index (χ3n) is 7.87. The highest BCUT2D eigenvalue weighted by Crippen LogP contribution is 2.21. The van der Waals surface area contributed by atoms with Gasteiger partial charge in [-0.1, -0.05) is 62.7 Å². The predicted octanol–water partition coefficient (Wildman–Crippen LogP) is 0.597. The molecule has 1 aliphatic heterocycles.